The molecule has 130 valence electrons. The van der Waals surface area contributed by atoms with Gasteiger partial charge in [-0.2, -0.15) is 4.39 Å². The molecule has 0 aliphatic rings. The summed E-state index contributed by atoms with van der Waals surface area (Å²) in [5, 5.41) is 0. The largest absolute Gasteiger partial charge is 0.365 e. The second-order valence-electron chi connectivity index (χ2n) is 5.27. The Morgan fingerprint density at radius 1 is 1.40 bits per heavy atom. The molecule has 0 aromatic carbocycles. The molecule has 25 heavy (non-hydrogen) atoms. The molecule has 0 spiro atoms. The molecule has 6 heteroatoms. The lowest BCUT2D eigenvalue weighted by Gasteiger charge is -2.07. The molecule has 2 heterocycles. The van der Waals surface area contributed by atoms with Crippen LogP contribution >= 0.6 is 11.8 Å². The number of nitrogens with one attached hydrogen (secondary N) is 1. The molecule has 0 saturated heterocycles. The standard InChI is InChI=1S/C19H21FN4S/c1-4-6-15(12-23-14(2)20)13-25-18-9-8-17(24-19(18)21-3)11-16-7-5-10-22-16/h4-10,12,22H,3,11,13H2,1-2H3/b6-4-,15-12+,23-14+. The van der Waals surface area contributed by atoms with Crippen LogP contribution in [0.5, 0.6) is 0 Å². The molecule has 2 aromatic rings. The molecule has 0 unspecified atom stereocenters. The van der Waals surface area contributed by atoms with Gasteiger partial charge in [0.25, 0.3) is 0 Å². The number of pyridine rings is 1. The van der Waals surface area contributed by atoms with Crippen LogP contribution in [0.25, 0.3) is 0 Å². The van der Waals surface area contributed by atoms with Crippen molar-refractivity contribution >= 4 is 30.3 Å². The van der Waals surface area contributed by atoms with Gasteiger partial charge in [-0.1, -0.05) is 12.2 Å². The van der Waals surface area contributed by atoms with E-state index in [0.717, 1.165) is 21.9 Å². The Kier molecular flexibility index (Phi) is 7.35. The highest BCUT2D eigenvalue weighted by molar-refractivity contribution is 7.99. The van der Waals surface area contributed by atoms with Crippen molar-refractivity contribution in [2.75, 3.05) is 5.75 Å². The second-order valence-corrected chi connectivity index (χ2v) is 6.29. The first-order valence-electron chi connectivity index (χ1n) is 7.85. The van der Waals surface area contributed by atoms with Gasteiger partial charge in [0.05, 0.1) is 4.90 Å². The van der Waals surface area contributed by atoms with Crippen LogP contribution < -0.4 is 0 Å². The minimum absolute atomic E-state index is 0.462. The van der Waals surface area contributed by atoms with Crippen LogP contribution in [-0.4, -0.2) is 28.4 Å². The normalized spacial score (nSPS) is 12.8. The molecule has 0 fully saturated rings. The van der Waals surface area contributed by atoms with Crippen molar-refractivity contribution in [3.8, 4) is 0 Å². The summed E-state index contributed by atoms with van der Waals surface area (Å²) in [6.45, 7) is 6.86. The van der Waals surface area contributed by atoms with E-state index in [4.69, 9.17) is 0 Å². The monoisotopic (exact) mass is 356 g/mol. The first-order valence-corrected chi connectivity index (χ1v) is 8.84. The summed E-state index contributed by atoms with van der Waals surface area (Å²) in [6, 6.07) is 7.97. The Balaban J connectivity index is 2.11. The van der Waals surface area contributed by atoms with Gasteiger partial charge in [0.15, 0.2) is 11.8 Å². The van der Waals surface area contributed by atoms with Gasteiger partial charge in [-0.3, -0.25) is 0 Å². The summed E-state index contributed by atoms with van der Waals surface area (Å²) in [7, 11) is 0. The van der Waals surface area contributed by atoms with Gasteiger partial charge >= 0.3 is 0 Å². The molecule has 0 saturated carbocycles. The zero-order valence-electron chi connectivity index (χ0n) is 14.4. The second kappa shape index (κ2) is 9.74. The fourth-order valence-electron chi connectivity index (χ4n) is 2.15. The Bertz CT molecular complexity index is 788. The summed E-state index contributed by atoms with van der Waals surface area (Å²) in [4.78, 5) is 16.4. The molecule has 0 atom stereocenters. The number of aromatic amines is 1. The zero-order chi connectivity index (χ0) is 18.1. The lowest BCUT2D eigenvalue weighted by Crippen LogP contribution is -1.94. The average Bonchev–Trinajstić information content (AvgIpc) is 3.10. The smallest absolute Gasteiger partial charge is 0.185 e. The minimum atomic E-state index is -0.462. The maximum absolute atomic E-state index is 12.8. The number of hydrogen-bond donors (Lipinski definition) is 1. The van der Waals surface area contributed by atoms with E-state index in [-0.39, 0.29) is 0 Å². The van der Waals surface area contributed by atoms with Gasteiger partial charge in [0, 0.05) is 42.9 Å². The highest BCUT2D eigenvalue weighted by atomic mass is 32.2. The Labute approximate surface area is 151 Å². The van der Waals surface area contributed by atoms with Gasteiger partial charge in [-0.25, -0.2) is 15.0 Å². The van der Waals surface area contributed by atoms with E-state index in [2.05, 4.69) is 26.7 Å². The van der Waals surface area contributed by atoms with E-state index in [0.29, 0.717) is 18.0 Å². The number of allylic oxidation sites excluding steroid dienone is 2. The van der Waals surface area contributed by atoms with Crippen molar-refractivity contribution in [2.24, 2.45) is 9.98 Å². The lowest BCUT2D eigenvalue weighted by molar-refractivity contribution is 0.797. The van der Waals surface area contributed by atoms with Gasteiger partial charge in [0.2, 0.25) is 0 Å². The number of rotatable bonds is 8. The van der Waals surface area contributed by atoms with Gasteiger partial charge in [-0.05, 0) is 43.5 Å². The molecule has 0 aliphatic heterocycles. The number of nitrogens with zero attached hydrogens (tertiary/aromatic N) is 3. The summed E-state index contributed by atoms with van der Waals surface area (Å²) in [5.41, 5.74) is 2.94. The van der Waals surface area contributed by atoms with Gasteiger partial charge < -0.3 is 4.98 Å². The van der Waals surface area contributed by atoms with Crippen LogP contribution in [0.4, 0.5) is 10.2 Å². The fourth-order valence-corrected chi connectivity index (χ4v) is 3.04. The van der Waals surface area contributed by atoms with Crippen molar-refractivity contribution < 1.29 is 4.39 Å². The summed E-state index contributed by atoms with van der Waals surface area (Å²) >= 11 is 1.57. The van der Waals surface area contributed by atoms with Crippen LogP contribution in [0.2, 0.25) is 0 Å². The highest BCUT2D eigenvalue weighted by Crippen LogP contribution is 2.30. The Hall–Kier alpha value is -2.47. The minimum Gasteiger partial charge on any atom is -0.365 e. The first-order chi connectivity index (χ1) is 12.1. The molecule has 2 aromatic heterocycles. The number of aliphatic imine (C=N–C) groups is 2. The van der Waals surface area contributed by atoms with Crippen LogP contribution in [-0.2, 0) is 6.42 Å². The molecule has 0 radical (unpaired) electrons. The zero-order valence-corrected chi connectivity index (χ0v) is 15.2. The van der Waals surface area contributed by atoms with Crippen molar-refractivity contribution in [1.82, 2.24) is 9.97 Å². The molecular weight excluding hydrogens is 335 g/mol. The molecule has 1 N–H and O–H groups in total. The Morgan fingerprint density at radius 3 is 2.88 bits per heavy atom. The van der Waals surface area contributed by atoms with E-state index >= 15 is 0 Å². The third-order valence-electron chi connectivity index (χ3n) is 3.26. The molecular formula is C19H21FN4S. The number of H-pyrrole nitrogens is 1. The summed E-state index contributed by atoms with van der Waals surface area (Å²) in [5.74, 6) is 0.788. The van der Waals surface area contributed by atoms with Crippen molar-refractivity contribution in [2.45, 2.75) is 25.2 Å². The molecule has 0 aliphatic carbocycles. The van der Waals surface area contributed by atoms with E-state index in [9.17, 15) is 4.39 Å². The predicted molar refractivity (Wildman–Crippen MR) is 105 cm³/mol. The van der Waals surface area contributed by atoms with E-state index in [1.165, 1.54) is 13.1 Å². The third-order valence-corrected chi connectivity index (χ3v) is 4.37. The number of thioether (sulfide) groups is 1. The topological polar surface area (TPSA) is 53.4 Å². The van der Waals surface area contributed by atoms with E-state index in [1.54, 1.807) is 11.8 Å². The van der Waals surface area contributed by atoms with E-state index in [1.807, 2.05) is 49.5 Å². The van der Waals surface area contributed by atoms with Crippen molar-refractivity contribution in [3.05, 3.63) is 65.8 Å². The Morgan fingerprint density at radius 2 is 2.24 bits per heavy atom. The summed E-state index contributed by atoms with van der Waals surface area (Å²) in [6.07, 6.45) is 7.96. The first kappa shape index (κ1) is 18.9. The third kappa shape index (κ3) is 6.15. The number of aromatic nitrogens is 2. The lowest BCUT2D eigenvalue weighted by atomic mass is 10.2. The number of halogens is 1. The maximum atomic E-state index is 12.8. The molecule has 2 rings (SSSR count). The van der Waals surface area contributed by atoms with Crippen LogP contribution in [0.1, 0.15) is 25.2 Å². The van der Waals surface area contributed by atoms with Gasteiger partial charge in [0.1, 0.15) is 0 Å². The predicted octanol–water partition coefficient (Wildman–Crippen LogP) is 5.27. The van der Waals surface area contributed by atoms with Crippen molar-refractivity contribution in [1.29, 1.82) is 0 Å². The summed E-state index contributed by atoms with van der Waals surface area (Å²) < 4.78 is 12.8. The SMILES string of the molecule is C=Nc1nc(Cc2ccc[nH]2)ccc1SCC(/C=C\C)=C/N=C(\C)F. The average molecular weight is 356 g/mol. The maximum Gasteiger partial charge on any atom is 0.185 e. The van der Waals surface area contributed by atoms with Crippen LogP contribution in [0, 0.1) is 0 Å². The van der Waals surface area contributed by atoms with Crippen LogP contribution in [0.3, 0.4) is 0 Å². The van der Waals surface area contributed by atoms with E-state index < -0.39 is 5.97 Å². The quantitative estimate of drug-likeness (QED) is 0.398. The van der Waals surface area contributed by atoms with Crippen molar-refractivity contribution in [3.63, 3.8) is 0 Å². The molecule has 0 amide bonds. The fraction of sp³-hybridized carbons (Fsp3) is 0.211. The van der Waals surface area contributed by atoms with Crippen LogP contribution in [0.15, 0.2) is 69.3 Å². The molecule has 0 bridgehead atoms. The number of hydrogen-bond acceptors (Lipinski definition) is 4. The van der Waals surface area contributed by atoms with Gasteiger partial charge in [-0.15, -0.1) is 11.8 Å². The highest BCUT2D eigenvalue weighted by Gasteiger charge is 2.07. The molecule has 4 nitrogen and oxygen atoms in total.